The van der Waals surface area contributed by atoms with Crippen LogP contribution < -0.4 is 5.56 Å². The van der Waals surface area contributed by atoms with Gasteiger partial charge in [-0.05, 0) is 36.4 Å². The highest BCUT2D eigenvalue weighted by molar-refractivity contribution is 6.30. The van der Waals surface area contributed by atoms with Gasteiger partial charge in [-0.2, -0.15) is 0 Å². The zero-order valence-electron chi connectivity index (χ0n) is 13.9. The van der Waals surface area contributed by atoms with Gasteiger partial charge in [0.05, 0.1) is 29.8 Å². The lowest BCUT2D eigenvalue weighted by Gasteiger charge is -2.26. The fourth-order valence-electron chi connectivity index (χ4n) is 3.01. The van der Waals surface area contributed by atoms with Gasteiger partial charge in [-0.15, -0.1) is 0 Å². The Bertz CT molecular complexity index is 1040. The molecule has 1 saturated heterocycles. The molecule has 1 aromatic heterocycles. The van der Waals surface area contributed by atoms with Crippen molar-refractivity contribution < 1.29 is 9.53 Å². The Morgan fingerprint density at radius 3 is 2.69 bits per heavy atom. The van der Waals surface area contributed by atoms with Gasteiger partial charge in [-0.25, -0.2) is 4.98 Å². The number of morpholine rings is 1. The topological polar surface area (TPSA) is 64.4 Å². The van der Waals surface area contributed by atoms with Gasteiger partial charge in [-0.1, -0.05) is 17.7 Å². The molecule has 0 saturated carbocycles. The Kier molecular flexibility index (Phi) is 4.44. The lowest BCUT2D eigenvalue weighted by Crippen LogP contribution is -2.40. The highest BCUT2D eigenvalue weighted by atomic mass is 35.5. The second-order valence-corrected chi connectivity index (χ2v) is 6.47. The molecule has 1 fully saturated rings. The predicted octanol–water partition coefficient (Wildman–Crippen LogP) is 2.51. The molecule has 26 heavy (non-hydrogen) atoms. The number of rotatable bonds is 2. The summed E-state index contributed by atoms with van der Waals surface area (Å²) in [5, 5.41) is 0.993. The molecule has 4 rings (SSSR count). The number of ether oxygens (including phenoxy) is 1. The van der Waals surface area contributed by atoms with Crippen LogP contribution in [-0.2, 0) is 4.74 Å². The monoisotopic (exact) mass is 369 g/mol. The number of hydrogen-bond donors (Lipinski definition) is 0. The Morgan fingerprint density at radius 1 is 1.12 bits per heavy atom. The van der Waals surface area contributed by atoms with E-state index in [2.05, 4.69) is 4.98 Å². The summed E-state index contributed by atoms with van der Waals surface area (Å²) in [6.45, 7) is 2.23. The molecule has 0 N–H and O–H groups in total. The summed E-state index contributed by atoms with van der Waals surface area (Å²) in [6, 6.07) is 12.0. The molecule has 7 heteroatoms. The van der Waals surface area contributed by atoms with Crippen molar-refractivity contribution in [2.75, 3.05) is 26.3 Å². The number of nitrogens with zero attached hydrogens (tertiary/aromatic N) is 3. The van der Waals surface area contributed by atoms with Crippen LogP contribution in [-0.4, -0.2) is 46.7 Å². The largest absolute Gasteiger partial charge is 0.378 e. The molecule has 1 aliphatic rings. The minimum Gasteiger partial charge on any atom is -0.378 e. The maximum absolute atomic E-state index is 12.8. The van der Waals surface area contributed by atoms with Crippen LogP contribution in [0, 0.1) is 0 Å². The number of halogens is 1. The number of aromatic nitrogens is 2. The zero-order valence-corrected chi connectivity index (χ0v) is 14.6. The van der Waals surface area contributed by atoms with Crippen molar-refractivity contribution >= 4 is 28.4 Å². The first-order valence-electron chi connectivity index (χ1n) is 8.28. The minimum atomic E-state index is -0.206. The molecule has 2 aromatic carbocycles. The molecule has 0 radical (unpaired) electrons. The van der Waals surface area contributed by atoms with Gasteiger partial charge < -0.3 is 9.64 Å². The van der Waals surface area contributed by atoms with Crippen LogP contribution in [0.1, 0.15) is 10.4 Å². The summed E-state index contributed by atoms with van der Waals surface area (Å²) in [7, 11) is 0. The van der Waals surface area contributed by atoms with Crippen LogP contribution in [0.2, 0.25) is 5.02 Å². The van der Waals surface area contributed by atoms with E-state index in [1.54, 1.807) is 47.4 Å². The van der Waals surface area contributed by atoms with Crippen molar-refractivity contribution in [2.24, 2.45) is 0 Å². The van der Waals surface area contributed by atoms with Crippen LogP contribution >= 0.6 is 11.6 Å². The molecule has 0 spiro atoms. The molecular formula is C19H16ClN3O3. The van der Waals surface area contributed by atoms with E-state index < -0.39 is 0 Å². The van der Waals surface area contributed by atoms with Crippen molar-refractivity contribution in [3.05, 3.63) is 69.7 Å². The van der Waals surface area contributed by atoms with E-state index in [4.69, 9.17) is 16.3 Å². The average Bonchev–Trinajstić information content (AvgIpc) is 2.68. The third-order valence-electron chi connectivity index (χ3n) is 4.39. The van der Waals surface area contributed by atoms with E-state index in [-0.39, 0.29) is 11.5 Å². The highest BCUT2D eigenvalue weighted by Crippen LogP contribution is 2.16. The first-order chi connectivity index (χ1) is 12.6. The van der Waals surface area contributed by atoms with Crippen molar-refractivity contribution in [1.82, 2.24) is 14.5 Å². The molecule has 1 aliphatic heterocycles. The van der Waals surface area contributed by atoms with E-state index in [9.17, 15) is 9.59 Å². The molecule has 0 aliphatic carbocycles. The Morgan fingerprint density at radius 2 is 1.92 bits per heavy atom. The number of carbonyl (C=O) groups excluding carboxylic acids is 1. The summed E-state index contributed by atoms with van der Waals surface area (Å²) in [5.41, 5.74) is 1.45. The van der Waals surface area contributed by atoms with Crippen LogP contribution in [0.25, 0.3) is 16.6 Å². The fourth-order valence-corrected chi connectivity index (χ4v) is 3.20. The number of amides is 1. The summed E-state index contributed by atoms with van der Waals surface area (Å²) >= 11 is 6.01. The number of hydrogen-bond acceptors (Lipinski definition) is 4. The minimum absolute atomic E-state index is 0.0731. The van der Waals surface area contributed by atoms with Gasteiger partial charge in [-0.3, -0.25) is 14.2 Å². The van der Waals surface area contributed by atoms with E-state index in [0.717, 1.165) is 0 Å². The van der Waals surface area contributed by atoms with Gasteiger partial charge in [0.2, 0.25) is 0 Å². The normalized spacial score (nSPS) is 14.6. The summed E-state index contributed by atoms with van der Waals surface area (Å²) in [5.74, 6) is -0.0731. The van der Waals surface area contributed by atoms with Gasteiger partial charge in [0.1, 0.15) is 6.33 Å². The van der Waals surface area contributed by atoms with Crippen LogP contribution in [0.5, 0.6) is 0 Å². The van der Waals surface area contributed by atoms with E-state index in [1.807, 2.05) is 0 Å². The Labute approximate surface area is 154 Å². The first-order valence-corrected chi connectivity index (χ1v) is 8.66. The van der Waals surface area contributed by atoms with Crippen molar-refractivity contribution in [3.63, 3.8) is 0 Å². The first kappa shape index (κ1) is 16.8. The maximum Gasteiger partial charge on any atom is 0.265 e. The summed E-state index contributed by atoms with van der Waals surface area (Å²) < 4.78 is 6.72. The van der Waals surface area contributed by atoms with Crippen LogP contribution in [0.4, 0.5) is 0 Å². The van der Waals surface area contributed by atoms with Crippen molar-refractivity contribution in [3.8, 4) is 5.69 Å². The second kappa shape index (κ2) is 6.90. The van der Waals surface area contributed by atoms with E-state index in [1.165, 1.54) is 10.9 Å². The molecule has 6 nitrogen and oxygen atoms in total. The molecule has 3 aromatic rings. The lowest BCUT2D eigenvalue weighted by molar-refractivity contribution is 0.0303. The molecule has 132 valence electrons. The Balaban J connectivity index is 1.73. The molecule has 0 atom stereocenters. The molecular weight excluding hydrogens is 354 g/mol. The zero-order chi connectivity index (χ0) is 18.1. The molecule has 0 bridgehead atoms. The predicted molar refractivity (Wildman–Crippen MR) is 99.1 cm³/mol. The third kappa shape index (κ3) is 3.09. The average molecular weight is 370 g/mol. The summed E-state index contributed by atoms with van der Waals surface area (Å²) in [6.07, 6.45) is 1.46. The third-order valence-corrected chi connectivity index (χ3v) is 4.63. The molecule has 0 unspecified atom stereocenters. The quantitative estimate of drug-likeness (QED) is 0.696. The SMILES string of the molecule is O=C(c1ccc2c(=O)n(-c3cccc(Cl)c3)cnc2c1)N1CCOCC1. The second-order valence-electron chi connectivity index (χ2n) is 6.04. The van der Waals surface area contributed by atoms with E-state index >= 15 is 0 Å². The maximum atomic E-state index is 12.8. The molecule has 1 amide bonds. The number of carbonyl (C=O) groups is 1. The highest BCUT2D eigenvalue weighted by Gasteiger charge is 2.19. The number of benzene rings is 2. The van der Waals surface area contributed by atoms with Gasteiger partial charge in [0, 0.05) is 23.7 Å². The fraction of sp³-hybridized carbons (Fsp3) is 0.211. The van der Waals surface area contributed by atoms with Crippen LogP contribution in [0.15, 0.2) is 53.6 Å². The van der Waals surface area contributed by atoms with Gasteiger partial charge in [0.25, 0.3) is 11.5 Å². The van der Waals surface area contributed by atoms with Gasteiger partial charge >= 0.3 is 0 Å². The van der Waals surface area contributed by atoms with Crippen LogP contribution in [0.3, 0.4) is 0 Å². The Hall–Kier alpha value is -2.70. The van der Waals surface area contributed by atoms with Crippen molar-refractivity contribution in [2.45, 2.75) is 0 Å². The lowest BCUT2D eigenvalue weighted by atomic mass is 10.1. The van der Waals surface area contributed by atoms with Crippen molar-refractivity contribution in [1.29, 1.82) is 0 Å². The molecule has 2 heterocycles. The van der Waals surface area contributed by atoms with E-state index in [0.29, 0.717) is 53.5 Å². The summed E-state index contributed by atoms with van der Waals surface area (Å²) in [4.78, 5) is 31.5. The van der Waals surface area contributed by atoms with Gasteiger partial charge in [0.15, 0.2) is 0 Å². The standard InChI is InChI=1S/C19H16ClN3O3/c20-14-2-1-3-15(11-14)23-12-21-17-10-13(4-5-16(17)19(23)25)18(24)22-6-8-26-9-7-22/h1-5,10-12H,6-9H2. The number of fused-ring (bicyclic) bond motifs is 1. The smallest absolute Gasteiger partial charge is 0.265 e.